The number of fused-ring (bicyclic) bond motifs is 1. The maximum absolute atomic E-state index is 5.83. The van der Waals surface area contributed by atoms with Crippen molar-refractivity contribution in [2.24, 2.45) is 5.73 Å². The van der Waals surface area contributed by atoms with Gasteiger partial charge in [-0.3, -0.25) is 0 Å². The highest BCUT2D eigenvalue weighted by Gasteiger charge is 2.04. The van der Waals surface area contributed by atoms with Gasteiger partial charge in [0.15, 0.2) is 0 Å². The predicted molar refractivity (Wildman–Crippen MR) is 46.9 cm³/mol. The quantitative estimate of drug-likeness (QED) is 0.734. The van der Waals surface area contributed by atoms with Crippen LogP contribution in [0.25, 0.3) is 11.1 Å². The van der Waals surface area contributed by atoms with E-state index >= 15 is 0 Å². The van der Waals surface area contributed by atoms with Gasteiger partial charge in [0.2, 0.25) is 5.71 Å². The lowest BCUT2D eigenvalue weighted by Gasteiger charge is -1.93. The summed E-state index contributed by atoms with van der Waals surface area (Å²) >= 11 is 5.83. The monoisotopic (exact) mass is 182 g/mol. The highest BCUT2D eigenvalue weighted by Crippen LogP contribution is 2.24. The Hall–Kier alpha value is -1.06. The largest absolute Gasteiger partial charge is 0.445 e. The number of nitrogens with two attached hydrogens (primary N) is 1. The molecule has 0 aliphatic carbocycles. The van der Waals surface area contributed by atoms with Crippen LogP contribution in [-0.2, 0) is 6.54 Å². The van der Waals surface area contributed by atoms with Crippen LogP contribution in [0.4, 0.5) is 0 Å². The Bertz CT molecular complexity index is 410. The SMILES string of the molecule is NCc1cnc2occ(Cl)c2c1. The normalized spacial score (nSPS) is 10.8. The van der Waals surface area contributed by atoms with Gasteiger partial charge in [-0.05, 0) is 11.6 Å². The maximum atomic E-state index is 5.83. The van der Waals surface area contributed by atoms with Crippen molar-refractivity contribution in [1.82, 2.24) is 4.98 Å². The third-order valence-corrected chi connectivity index (χ3v) is 1.97. The summed E-state index contributed by atoms with van der Waals surface area (Å²) in [5.41, 5.74) is 6.95. The van der Waals surface area contributed by atoms with Gasteiger partial charge in [-0.15, -0.1) is 0 Å². The fourth-order valence-electron chi connectivity index (χ4n) is 1.04. The first-order valence-corrected chi connectivity index (χ1v) is 3.91. The second kappa shape index (κ2) is 2.77. The van der Waals surface area contributed by atoms with E-state index in [0.717, 1.165) is 10.9 Å². The standard InChI is InChI=1S/C8H7ClN2O/c9-7-4-12-8-6(7)1-5(2-10)3-11-8/h1,3-4H,2,10H2. The van der Waals surface area contributed by atoms with E-state index in [-0.39, 0.29) is 0 Å². The fourth-order valence-corrected chi connectivity index (χ4v) is 1.22. The van der Waals surface area contributed by atoms with Crippen LogP contribution in [-0.4, -0.2) is 4.98 Å². The van der Waals surface area contributed by atoms with Gasteiger partial charge in [0, 0.05) is 12.7 Å². The molecule has 0 atom stereocenters. The zero-order valence-corrected chi connectivity index (χ0v) is 7.01. The molecule has 4 heteroatoms. The van der Waals surface area contributed by atoms with Crippen molar-refractivity contribution in [3.63, 3.8) is 0 Å². The summed E-state index contributed by atoms with van der Waals surface area (Å²) in [7, 11) is 0. The zero-order chi connectivity index (χ0) is 8.55. The third kappa shape index (κ3) is 1.07. The Balaban J connectivity index is 2.71. The molecule has 2 aromatic heterocycles. The molecule has 2 heterocycles. The lowest BCUT2D eigenvalue weighted by molar-refractivity contribution is 0.603. The molecule has 2 rings (SSSR count). The number of aromatic nitrogens is 1. The van der Waals surface area contributed by atoms with Gasteiger partial charge in [-0.1, -0.05) is 11.6 Å². The number of furan rings is 1. The van der Waals surface area contributed by atoms with Crippen molar-refractivity contribution in [1.29, 1.82) is 0 Å². The summed E-state index contributed by atoms with van der Waals surface area (Å²) < 4.78 is 5.06. The number of hydrogen-bond donors (Lipinski definition) is 1. The molecule has 0 aliphatic heterocycles. The van der Waals surface area contributed by atoms with Crippen LogP contribution >= 0.6 is 11.6 Å². The van der Waals surface area contributed by atoms with Crippen molar-refractivity contribution in [2.75, 3.05) is 0 Å². The van der Waals surface area contributed by atoms with Crippen molar-refractivity contribution < 1.29 is 4.42 Å². The van der Waals surface area contributed by atoms with Crippen molar-refractivity contribution in [2.45, 2.75) is 6.54 Å². The maximum Gasteiger partial charge on any atom is 0.227 e. The molecule has 12 heavy (non-hydrogen) atoms. The highest BCUT2D eigenvalue weighted by atomic mass is 35.5. The Labute approximate surface area is 74.1 Å². The first-order chi connectivity index (χ1) is 5.81. The molecule has 0 aromatic carbocycles. The Morgan fingerprint density at radius 1 is 1.58 bits per heavy atom. The number of halogens is 1. The van der Waals surface area contributed by atoms with E-state index in [1.165, 1.54) is 6.26 Å². The minimum atomic E-state index is 0.463. The molecule has 0 radical (unpaired) electrons. The van der Waals surface area contributed by atoms with E-state index in [1.54, 1.807) is 6.20 Å². The summed E-state index contributed by atoms with van der Waals surface area (Å²) in [4.78, 5) is 4.04. The van der Waals surface area contributed by atoms with E-state index in [1.807, 2.05) is 6.07 Å². The number of rotatable bonds is 1. The van der Waals surface area contributed by atoms with Gasteiger partial charge in [-0.25, -0.2) is 4.98 Å². The molecule has 62 valence electrons. The van der Waals surface area contributed by atoms with Crippen LogP contribution in [0.1, 0.15) is 5.56 Å². The summed E-state index contributed by atoms with van der Waals surface area (Å²) in [5, 5.41) is 1.40. The van der Waals surface area contributed by atoms with Crippen LogP contribution < -0.4 is 5.73 Å². The van der Waals surface area contributed by atoms with E-state index < -0.39 is 0 Å². The van der Waals surface area contributed by atoms with Gasteiger partial charge in [0.05, 0.1) is 10.4 Å². The molecule has 0 amide bonds. The molecular weight excluding hydrogens is 176 g/mol. The van der Waals surface area contributed by atoms with Gasteiger partial charge in [0.1, 0.15) is 6.26 Å². The first kappa shape index (κ1) is 7.58. The molecule has 0 fully saturated rings. The van der Waals surface area contributed by atoms with E-state index in [2.05, 4.69) is 4.98 Å². The summed E-state index contributed by atoms with van der Waals surface area (Å²) in [6, 6.07) is 1.88. The Kier molecular flexibility index (Phi) is 1.75. The topological polar surface area (TPSA) is 52.0 Å². The number of nitrogens with zero attached hydrogens (tertiary/aromatic N) is 1. The first-order valence-electron chi connectivity index (χ1n) is 3.53. The van der Waals surface area contributed by atoms with E-state index in [9.17, 15) is 0 Å². The fraction of sp³-hybridized carbons (Fsp3) is 0.125. The smallest absolute Gasteiger partial charge is 0.227 e. The molecule has 0 saturated carbocycles. The van der Waals surface area contributed by atoms with Crippen molar-refractivity contribution in [3.05, 3.63) is 29.1 Å². The van der Waals surface area contributed by atoms with Crippen LogP contribution in [0.3, 0.4) is 0 Å². The molecular formula is C8H7ClN2O. The van der Waals surface area contributed by atoms with Crippen LogP contribution in [0.15, 0.2) is 22.9 Å². The predicted octanol–water partition coefficient (Wildman–Crippen LogP) is 1.94. The van der Waals surface area contributed by atoms with E-state index in [4.69, 9.17) is 21.8 Å². The van der Waals surface area contributed by atoms with Crippen LogP contribution in [0.2, 0.25) is 5.02 Å². The third-order valence-electron chi connectivity index (χ3n) is 1.67. The van der Waals surface area contributed by atoms with Gasteiger partial charge in [-0.2, -0.15) is 0 Å². The average molecular weight is 183 g/mol. The second-order valence-electron chi connectivity index (χ2n) is 2.48. The van der Waals surface area contributed by atoms with Crippen LogP contribution in [0.5, 0.6) is 0 Å². The van der Waals surface area contributed by atoms with Gasteiger partial charge < -0.3 is 10.2 Å². The minimum Gasteiger partial charge on any atom is -0.445 e. The molecule has 0 unspecified atom stereocenters. The second-order valence-corrected chi connectivity index (χ2v) is 2.89. The molecule has 0 saturated heterocycles. The molecule has 2 aromatic rings. The Morgan fingerprint density at radius 2 is 2.42 bits per heavy atom. The number of pyridine rings is 1. The summed E-state index contributed by atoms with van der Waals surface area (Å²) in [5.74, 6) is 0. The number of hydrogen-bond acceptors (Lipinski definition) is 3. The molecule has 3 nitrogen and oxygen atoms in total. The average Bonchev–Trinajstić information content (AvgIpc) is 2.47. The summed E-state index contributed by atoms with van der Waals surface area (Å²) in [6.45, 7) is 0.463. The molecule has 0 spiro atoms. The lowest BCUT2D eigenvalue weighted by Crippen LogP contribution is -1.96. The molecule has 0 aliphatic rings. The highest BCUT2D eigenvalue weighted by molar-refractivity contribution is 6.35. The lowest BCUT2D eigenvalue weighted by atomic mass is 10.2. The summed E-state index contributed by atoms with van der Waals surface area (Å²) in [6.07, 6.45) is 3.15. The van der Waals surface area contributed by atoms with Gasteiger partial charge in [0.25, 0.3) is 0 Å². The molecule has 0 bridgehead atoms. The Morgan fingerprint density at radius 3 is 3.17 bits per heavy atom. The zero-order valence-electron chi connectivity index (χ0n) is 6.25. The van der Waals surface area contributed by atoms with Crippen molar-refractivity contribution in [3.8, 4) is 0 Å². The molecule has 2 N–H and O–H groups in total. The minimum absolute atomic E-state index is 0.463. The van der Waals surface area contributed by atoms with Crippen molar-refractivity contribution >= 4 is 22.7 Å². The van der Waals surface area contributed by atoms with Crippen LogP contribution in [0, 0.1) is 0 Å². The van der Waals surface area contributed by atoms with E-state index in [0.29, 0.717) is 17.3 Å². The van der Waals surface area contributed by atoms with Gasteiger partial charge >= 0.3 is 0 Å².